The summed E-state index contributed by atoms with van der Waals surface area (Å²) in [4.78, 5) is 17.7. The summed E-state index contributed by atoms with van der Waals surface area (Å²) in [5.41, 5.74) is 5.75. The third-order valence-electron chi connectivity index (χ3n) is 0.711. The van der Waals surface area contributed by atoms with Gasteiger partial charge < -0.3 is 15.2 Å². The van der Waals surface area contributed by atoms with Gasteiger partial charge in [-0.25, -0.2) is 0 Å². The molecule has 0 atom stereocenters. The normalized spacial score (nSPS) is 5.62. The zero-order chi connectivity index (χ0) is 13.1. The Bertz CT molecular complexity index is 154. The second-order valence-corrected chi connectivity index (χ2v) is 1.44. The molecule has 16 heavy (non-hydrogen) atoms. The van der Waals surface area contributed by atoms with Crippen LogP contribution in [-0.4, -0.2) is 12.6 Å². The molecule has 0 saturated heterocycles. The molecule has 0 saturated carbocycles. The van der Waals surface area contributed by atoms with Crippen LogP contribution < -0.4 is 0 Å². The monoisotopic (exact) mass is 269 g/mol. The first-order chi connectivity index (χ1) is 7.31. The average Bonchev–Trinajstić information content (AvgIpc) is 2.34. The number of hydrogen-bond donors (Lipinski definition) is 0. The molecule has 7 heteroatoms. The number of carbonyl (C=O) groups excluding carboxylic acids is 1. The van der Waals surface area contributed by atoms with Gasteiger partial charge in [0.1, 0.15) is 0 Å². The van der Waals surface area contributed by atoms with E-state index in [9.17, 15) is 4.79 Å². The molecule has 0 aromatic carbocycles. The fourth-order valence-corrected chi connectivity index (χ4v) is 0.365. The van der Waals surface area contributed by atoms with Gasteiger partial charge in [0.2, 0.25) is 0 Å². The van der Waals surface area contributed by atoms with Gasteiger partial charge in [-0.2, -0.15) is 0 Å². The van der Waals surface area contributed by atoms with Crippen LogP contribution in [0.15, 0.2) is 0 Å². The van der Waals surface area contributed by atoms with E-state index in [1.807, 2.05) is 6.92 Å². The van der Waals surface area contributed by atoms with E-state index in [0.717, 1.165) is 0 Å². The van der Waals surface area contributed by atoms with Crippen molar-refractivity contribution in [2.45, 2.75) is 13.8 Å². The minimum absolute atomic E-state index is 0. The van der Waals surface area contributed by atoms with Crippen molar-refractivity contribution in [1.29, 1.82) is 0 Å². The first-order valence-corrected chi connectivity index (χ1v) is 3.53. The molecule has 0 amide bonds. The van der Waals surface area contributed by atoms with Gasteiger partial charge in [0.05, 0.1) is 13.0 Å². The zero-order valence-electron chi connectivity index (χ0n) is 8.78. The second kappa shape index (κ2) is 48.1. The van der Waals surface area contributed by atoms with E-state index < -0.39 is 0 Å². The van der Waals surface area contributed by atoms with Crippen LogP contribution in [0.1, 0.15) is 13.8 Å². The van der Waals surface area contributed by atoms with Crippen LogP contribution in [0, 0.1) is 37.5 Å². The van der Waals surface area contributed by atoms with Gasteiger partial charge in [0.25, 0.3) is 0 Å². The van der Waals surface area contributed by atoms with Gasteiger partial charge in [-0.05, 0) is 19.8 Å². The van der Waals surface area contributed by atoms with E-state index in [4.69, 9.17) is 19.8 Å². The van der Waals surface area contributed by atoms with Gasteiger partial charge >= 0.3 is 45.6 Å². The summed E-state index contributed by atoms with van der Waals surface area (Å²) in [6, 6.07) is 0. The third kappa shape index (κ3) is 51.7. The van der Waals surface area contributed by atoms with Crippen molar-refractivity contribution in [2.24, 2.45) is 0 Å². The van der Waals surface area contributed by atoms with E-state index in [1.165, 1.54) is 6.42 Å². The van der Waals surface area contributed by atoms with Crippen LogP contribution in [0.3, 0.4) is 0 Å². The second-order valence-electron chi connectivity index (χ2n) is 1.44. The van der Waals surface area contributed by atoms with Gasteiger partial charge in [0.15, 0.2) is 0 Å². The topological polar surface area (TPSA) is 105 Å². The Labute approximate surface area is 106 Å². The summed E-state index contributed by atoms with van der Waals surface area (Å²) in [6.45, 7) is 13.1. The van der Waals surface area contributed by atoms with Crippen LogP contribution in [0.2, 0.25) is 0 Å². The predicted octanol–water partition coefficient (Wildman–Crippen LogP) is 1.43. The Morgan fingerprint density at radius 2 is 1.69 bits per heavy atom. The molecule has 0 unspecified atom stereocenters. The van der Waals surface area contributed by atoms with Crippen molar-refractivity contribution in [3.8, 4) is 0 Å². The molecule has 6 nitrogen and oxygen atoms in total. The molecule has 89 valence electrons. The molecule has 0 aliphatic heterocycles. The third-order valence-corrected chi connectivity index (χ3v) is 0.711. The molecule has 0 aromatic heterocycles. The van der Waals surface area contributed by atoms with Crippen LogP contribution in [0.25, 0.3) is 5.59 Å². The maximum Gasteiger partial charge on any atom is 2.00 e. The van der Waals surface area contributed by atoms with Gasteiger partial charge in [-0.15, -0.1) is 0 Å². The number of esters is 1. The Morgan fingerprint density at radius 3 is 1.94 bits per heavy atom. The minimum atomic E-state index is -0.282. The van der Waals surface area contributed by atoms with E-state index in [2.05, 4.69) is 18.0 Å². The first-order valence-electron chi connectivity index (χ1n) is 3.53. The molecule has 0 bridgehead atoms. The standard InChI is InChI=1S/C7H11O2.2CO.Fe.NO/c1-3-5-6-7(8)9-4-2;2*1-2;;1-2/h3,5-6H,4H2,1-2H3;;;;/q;;;+2;-1. The minimum Gasteiger partial charge on any atom is -0.577 e. The molecule has 0 fully saturated rings. The number of hydrogen-bond acceptors (Lipinski definition) is 3. The summed E-state index contributed by atoms with van der Waals surface area (Å²) in [6.07, 6.45) is 4.82. The van der Waals surface area contributed by atoms with Gasteiger partial charge in [-0.1, -0.05) is 6.92 Å². The molecular weight excluding hydrogens is 258 g/mol. The zero-order valence-corrected chi connectivity index (χ0v) is 9.89. The molecule has 3 radical (unpaired) electrons. The summed E-state index contributed by atoms with van der Waals surface area (Å²) in [7, 11) is 0. The molecular formula is C9H11FeNO5+. The average molecular weight is 269 g/mol. The van der Waals surface area contributed by atoms with E-state index >= 15 is 0 Å². The van der Waals surface area contributed by atoms with Gasteiger partial charge in [-0.3, -0.25) is 4.79 Å². The largest absolute Gasteiger partial charge is 2.00 e. The molecule has 0 N–H and O–H groups in total. The fourth-order valence-electron chi connectivity index (χ4n) is 0.365. The number of nitroso groups, excluding NO2 is 1. The molecule has 0 spiro atoms. The molecule has 0 aliphatic rings. The number of nitrogens with zero attached hydrogens (tertiary/aromatic N) is 1. The van der Waals surface area contributed by atoms with Crippen LogP contribution >= 0.6 is 0 Å². The number of ether oxygens (including phenoxy) is 1. The Hall–Kier alpha value is -0.931. The molecule has 0 rings (SSSR count). The Balaban J connectivity index is -0.0000000498. The van der Waals surface area contributed by atoms with Crippen LogP contribution in [-0.2, 0) is 35.9 Å². The quantitative estimate of drug-likeness (QED) is 0.333. The van der Waals surface area contributed by atoms with Crippen molar-refractivity contribution < 1.29 is 35.9 Å². The summed E-state index contributed by atoms with van der Waals surface area (Å²) >= 11 is 0. The van der Waals surface area contributed by atoms with E-state index in [-0.39, 0.29) is 23.0 Å². The molecule has 0 aromatic rings. The van der Waals surface area contributed by atoms with Crippen molar-refractivity contribution in [2.75, 3.05) is 6.61 Å². The van der Waals surface area contributed by atoms with Crippen molar-refractivity contribution in [3.05, 3.63) is 43.1 Å². The maximum atomic E-state index is 10.5. The van der Waals surface area contributed by atoms with Crippen molar-refractivity contribution in [1.82, 2.24) is 0 Å². The summed E-state index contributed by atoms with van der Waals surface area (Å²) in [5.74, 6) is -0.282. The van der Waals surface area contributed by atoms with Crippen molar-refractivity contribution in [3.63, 3.8) is 0 Å². The predicted molar refractivity (Wildman–Crippen MR) is 49.8 cm³/mol. The first kappa shape index (κ1) is 29.4. The molecule has 0 aliphatic carbocycles. The number of carbonyl (C=O) groups is 1. The number of unbranched alkanes of at least 4 members (excludes halogenated alkanes) is 1. The van der Waals surface area contributed by atoms with Gasteiger partial charge in [0, 0.05) is 0 Å². The Morgan fingerprint density at radius 1 is 1.31 bits per heavy atom. The van der Waals surface area contributed by atoms with Crippen LogP contribution in [0.4, 0.5) is 0 Å². The smallest absolute Gasteiger partial charge is 0.577 e. The van der Waals surface area contributed by atoms with E-state index in [0.29, 0.717) is 6.61 Å². The SMILES string of the molecule is C[CH][CH][CH]C(=O)OCC.[C-]#[O+].[C-]#[O+].[Fe+2].[N-]=O. The van der Waals surface area contributed by atoms with E-state index in [1.54, 1.807) is 19.8 Å². The fraction of sp³-hybridized carbons (Fsp3) is 0.333. The number of rotatable bonds is 4. The summed E-state index contributed by atoms with van der Waals surface area (Å²) < 4.78 is 19.6. The maximum absolute atomic E-state index is 10.5. The van der Waals surface area contributed by atoms with Crippen LogP contribution in [0.5, 0.6) is 0 Å². The molecule has 0 heterocycles. The Kier molecular flexibility index (Phi) is 88.4. The van der Waals surface area contributed by atoms with Crippen molar-refractivity contribution >= 4 is 5.97 Å². The summed E-state index contributed by atoms with van der Waals surface area (Å²) in [5, 5.41) is 0.